The van der Waals surface area contributed by atoms with E-state index in [9.17, 15) is 76.3 Å². The molecule has 3 aromatic rings. The zero-order valence-electron chi connectivity index (χ0n) is 27.8. The highest BCUT2D eigenvalue weighted by atomic mass is 16.7. The molecule has 0 aliphatic carbocycles. The number of rotatable bonds is 9. The molecule has 0 amide bonds. The summed E-state index contributed by atoms with van der Waals surface area (Å²) < 4.78 is 33.0. The number of ether oxygens (including phenoxy) is 5. The van der Waals surface area contributed by atoms with Crippen LogP contribution in [0.1, 0.15) is 11.7 Å². The highest BCUT2D eigenvalue weighted by Crippen LogP contribution is 2.45. The zero-order chi connectivity index (χ0) is 39.3. The Bertz CT molecular complexity index is 1850. The van der Waals surface area contributed by atoms with Gasteiger partial charge in [-0.3, -0.25) is 4.79 Å². The third-order valence-electron chi connectivity index (χ3n) is 9.62. The first-order chi connectivity index (χ1) is 25.6. The predicted octanol–water partition coefficient (Wildman–Crippen LogP) is -4.91. The van der Waals surface area contributed by atoms with E-state index in [0.717, 1.165) is 24.3 Å². The number of hydrogen-bond acceptors (Lipinski definition) is 21. The van der Waals surface area contributed by atoms with Crippen LogP contribution >= 0.6 is 0 Å². The third kappa shape index (κ3) is 7.21. The molecule has 54 heavy (non-hydrogen) atoms. The predicted molar refractivity (Wildman–Crippen MR) is 173 cm³/mol. The number of aliphatic hydroxyl groups is 11. The molecular weight excluding hydrogens is 732 g/mol. The van der Waals surface area contributed by atoms with Gasteiger partial charge in [0.05, 0.1) is 25.4 Å². The van der Waals surface area contributed by atoms with E-state index in [-0.39, 0.29) is 17.1 Å². The van der Waals surface area contributed by atoms with E-state index < -0.39 is 151 Å². The fourth-order valence-corrected chi connectivity index (χ4v) is 6.50. The van der Waals surface area contributed by atoms with Crippen molar-refractivity contribution in [3.05, 3.63) is 46.1 Å². The average molecular weight is 773 g/mol. The molecule has 21 nitrogen and oxygen atoms in total. The summed E-state index contributed by atoms with van der Waals surface area (Å²) in [6.45, 7) is -2.21. The molecule has 0 spiro atoms. The quantitative estimate of drug-likeness (QED) is 0.0969. The van der Waals surface area contributed by atoms with Crippen LogP contribution < -0.4 is 10.2 Å². The largest absolute Gasteiger partial charge is 0.507 e. The van der Waals surface area contributed by atoms with Crippen LogP contribution in [0.15, 0.2) is 39.5 Å². The molecule has 298 valence electrons. The van der Waals surface area contributed by atoms with E-state index in [1.165, 1.54) is 6.07 Å². The van der Waals surface area contributed by atoms with Gasteiger partial charge < -0.3 is 99.6 Å². The van der Waals surface area contributed by atoms with Crippen LogP contribution in [0.2, 0.25) is 0 Å². The van der Waals surface area contributed by atoms with Crippen LogP contribution in [0.5, 0.6) is 23.0 Å². The van der Waals surface area contributed by atoms with Gasteiger partial charge in [-0.15, -0.1) is 0 Å². The summed E-state index contributed by atoms with van der Waals surface area (Å²) in [7, 11) is 0. The lowest BCUT2D eigenvalue weighted by atomic mass is 9.89. The van der Waals surface area contributed by atoms with Gasteiger partial charge in [0.2, 0.25) is 6.29 Å². The van der Waals surface area contributed by atoms with Crippen LogP contribution in [-0.2, 0) is 18.9 Å². The summed E-state index contributed by atoms with van der Waals surface area (Å²) in [4.78, 5) is 13.4. The highest BCUT2D eigenvalue weighted by Gasteiger charge is 2.49. The summed E-state index contributed by atoms with van der Waals surface area (Å²) in [5.74, 6) is -2.79. The van der Waals surface area contributed by atoms with Crippen molar-refractivity contribution in [1.29, 1.82) is 0 Å². The molecule has 3 aliphatic heterocycles. The number of phenols is 3. The monoisotopic (exact) mass is 772 g/mol. The second kappa shape index (κ2) is 15.8. The number of phenolic OH excluding ortho intramolecular Hbond substituents is 3. The van der Waals surface area contributed by atoms with Crippen LogP contribution in [0.3, 0.4) is 0 Å². The number of benzene rings is 2. The smallest absolute Gasteiger partial charge is 0.229 e. The number of fused-ring (bicyclic) bond motifs is 1. The van der Waals surface area contributed by atoms with Crippen LogP contribution in [0.4, 0.5) is 0 Å². The lowest BCUT2D eigenvalue weighted by Gasteiger charge is -2.43. The molecule has 15 unspecified atom stereocenters. The molecule has 1 aromatic heterocycles. The molecule has 21 heteroatoms. The van der Waals surface area contributed by atoms with Crippen molar-refractivity contribution in [3.63, 3.8) is 0 Å². The molecule has 15 atom stereocenters. The van der Waals surface area contributed by atoms with Gasteiger partial charge in [-0.2, -0.15) is 0 Å². The van der Waals surface area contributed by atoms with E-state index in [4.69, 9.17) is 28.1 Å². The number of aromatic hydroxyl groups is 3. The lowest BCUT2D eigenvalue weighted by Crippen LogP contribution is -2.60. The van der Waals surface area contributed by atoms with Crippen LogP contribution in [-0.4, -0.2) is 177 Å². The Balaban J connectivity index is 1.26. The number of aliphatic hydroxyl groups excluding tert-OH is 11. The molecule has 3 saturated heterocycles. The second-order valence-corrected chi connectivity index (χ2v) is 13.1. The van der Waals surface area contributed by atoms with Crippen molar-refractivity contribution in [1.82, 2.24) is 0 Å². The van der Waals surface area contributed by atoms with Crippen molar-refractivity contribution >= 4 is 11.0 Å². The fourth-order valence-electron chi connectivity index (χ4n) is 6.50. The second-order valence-electron chi connectivity index (χ2n) is 13.1. The zero-order valence-corrected chi connectivity index (χ0v) is 27.8. The molecular formula is C33H40O21. The van der Waals surface area contributed by atoms with Gasteiger partial charge in [-0.05, 0) is 18.2 Å². The molecule has 3 aliphatic rings. The van der Waals surface area contributed by atoms with Crippen molar-refractivity contribution in [2.45, 2.75) is 91.9 Å². The minimum absolute atomic E-state index is 0.0693. The Morgan fingerprint density at radius 3 is 1.81 bits per heavy atom. The molecule has 4 heterocycles. The molecule has 2 aromatic carbocycles. The van der Waals surface area contributed by atoms with E-state index in [1.807, 2.05) is 0 Å². The Labute approximate surface area is 302 Å². The molecule has 0 bridgehead atoms. The first-order valence-corrected chi connectivity index (χ1v) is 16.5. The van der Waals surface area contributed by atoms with E-state index >= 15 is 0 Å². The fraction of sp³-hybridized carbons (Fsp3) is 0.545. The Morgan fingerprint density at radius 1 is 0.611 bits per heavy atom. The normalized spacial score (nSPS) is 37.4. The minimum atomic E-state index is -2.01. The molecule has 14 N–H and O–H groups in total. The Kier molecular flexibility index (Phi) is 11.7. The lowest BCUT2D eigenvalue weighted by molar-refractivity contribution is -0.314. The van der Waals surface area contributed by atoms with E-state index in [2.05, 4.69) is 0 Å². The van der Waals surface area contributed by atoms with Crippen molar-refractivity contribution < 1.29 is 99.6 Å². The van der Waals surface area contributed by atoms with Gasteiger partial charge in [0.15, 0.2) is 23.2 Å². The summed E-state index contributed by atoms with van der Waals surface area (Å²) in [5.41, 5.74) is -1.82. The molecule has 3 fully saturated rings. The SMILES string of the molecule is O=c1cc(-c2ccc(O)c(OC3OC(CO)C(O)C(O)C3O)c2)oc2cc(O)c(C3OC(COC4OC(CO)C(O)C(O)C4O)C(O)C(O)C3O)c(O)c12. The van der Waals surface area contributed by atoms with Gasteiger partial charge in [0.25, 0.3) is 0 Å². The molecule has 0 radical (unpaired) electrons. The Hall–Kier alpha value is -3.75. The summed E-state index contributed by atoms with van der Waals surface area (Å²) in [6.07, 6.45) is -25.8. The van der Waals surface area contributed by atoms with E-state index in [0.29, 0.717) is 0 Å². The molecule has 6 rings (SSSR count). The number of hydrogen-bond donors (Lipinski definition) is 14. The topological polar surface area (TPSA) is 360 Å². The first kappa shape index (κ1) is 39.9. The standard InChI is InChI=1S/C33H40O21/c34-6-16-21(39)26(44)29(47)32(53-16)49-8-18-23(41)25(43)28(46)31(51-18)20-12(38)5-15-19(24(20)42)11(37)4-13(50-15)9-1-2-10(36)14(3-9)52-33-30(48)27(45)22(40)17(7-35)54-33/h1-5,16-18,21-23,25-36,38-48H,6-8H2. The summed E-state index contributed by atoms with van der Waals surface area (Å²) in [6, 6.07) is 5.38. The first-order valence-electron chi connectivity index (χ1n) is 16.5. The van der Waals surface area contributed by atoms with Crippen LogP contribution in [0, 0.1) is 0 Å². The van der Waals surface area contributed by atoms with Crippen molar-refractivity contribution in [3.8, 4) is 34.3 Å². The average Bonchev–Trinajstić information content (AvgIpc) is 3.14. The highest BCUT2D eigenvalue weighted by molar-refractivity contribution is 5.88. The maximum absolute atomic E-state index is 13.4. The maximum Gasteiger partial charge on any atom is 0.229 e. The third-order valence-corrected chi connectivity index (χ3v) is 9.62. The summed E-state index contributed by atoms with van der Waals surface area (Å²) >= 11 is 0. The van der Waals surface area contributed by atoms with Gasteiger partial charge >= 0.3 is 0 Å². The minimum Gasteiger partial charge on any atom is -0.507 e. The van der Waals surface area contributed by atoms with Crippen molar-refractivity contribution in [2.24, 2.45) is 0 Å². The van der Waals surface area contributed by atoms with Gasteiger partial charge in [-0.25, -0.2) is 0 Å². The van der Waals surface area contributed by atoms with Crippen molar-refractivity contribution in [2.75, 3.05) is 19.8 Å². The summed E-state index contributed by atoms with van der Waals surface area (Å²) in [5, 5.41) is 144. The maximum atomic E-state index is 13.4. The van der Waals surface area contributed by atoms with E-state index in [1.54, 1.807) is 0 Å². The molecule has 0 saturated carbocycles. The van der Waals surface area contributed by atoms with Gasteiger partial charge in [-0.1, -0.05) is 0 Å². The van der Waals surface area contributed by atoms with Crippen LogP contribution in [0.25, 0.3) is 22.3 Å². The Morgan fingerprint density at radius 2 is 1.19 bits per heavy atom. The van der Waals surface area contributed by atoms with Gasteiger partial charge in [0.1, 0.15) is 108 Å². The van der Waals surface area contributed by atoms with Gasteiger partial charge in [0, 0.05) is 17.7 Å².